The van der Waals surface area contributed by atoms with Crippen molar-refractivity contribution in [3.8, 4) is 0 Å². The zero-order chi connectivity index (χ0) is 14.5. The Balaban J connectivity index is 1.99. The molecule has 0 spiro atoms. The van der Waals surface area contributed by atoms with Gasteiger partial charge in [0.25, 0.3) is 0 Å². The van der Waals surface area contributed by atoms with E-state index in [1.54, 1.807) is 0 Å². The van der Waals surface area contributed by atoms with E-state index in [2.05, 4.69) is 9.51 Å². The van der Waals surface area contributed by atoms with Gasteiger partial charge in [0.05, 0.1) is 6.61 Å². The molecular formula is C9H12N3O7P. The van der Waals surface area contributed by atoms with Gasteiger partial charge in [-0.15, -0.1) is 0 Å². The molecule has 0 radical (unpaired) electrons. The summed E-state index contributed by atoms with van der Waals surface area (Å²) < 4.78 is 27.4. The first-order valence-electron chi connectivity index (χ1n) is 5.71. The van der Waals surface area contributed by atoms with Crippen molar-refractivity contribution >= 4 is 13.6 Å². The van der Waals surface area contributed by atoms with Crippen molar-refractivity contribution in [2.24, 2.45) is 0 Å². The van der Waals surface area contributed by atoms with E-state index in [1.165, 1.54) is 12.3 Å². The number of ether oxygens (including phenoxy) is 1. The second-order valence-electron chi connectivity index (χ2n) is 4.43. The van der Waals surface area contributed by atoms with Crippen LogP contribution >= 0.6 is 7.82 Å². The van der Waals surface area contributed by atoms with E-state index in [1.807, 2.05) is 0 Å². The van der Waals surface area contributed by atoms with E-state index in [0.29, 0.717) is 0 Å². The predicted molar refractivity (Wildman–Crippen MR) is 63.5 cm³/mol. The van der Waals surface area contributed by atoms with Gasteiger partial charge in [0.1, 0.15) is 24.1 Å². The molecular weight excluding hydrogens is 293 g/mol. The maximum atomic E-state index is 11.8. The molecule has 2 aliphatic rings. The Bertz CT molecular complexity index is 634. The van der Waals surface area contributed by atoms with Crippen LogP contribution in [0.5, 0.6) is 0 Å². The zero-order valence-electron chi connectivity index (χ0n) is 10.0. The fraction of sp³-hybridized carbons (Fsp3) is 0.556. The molecule has 110 valence electrons. The number of phosphoric acid groups is 1. The minimum atomic E-state index is -4.29. The van der Waals surface area contributed by atoms with Gasteiger partial charge in [-0.2, -0.15) is 4.98 Å². The van der Waals surface area contributed by atoms with Gasteiger partial charge < -0.3 is 20.5 Å². The summed E-state index contributed by atoms with van der Waals surface area (Å²) in [6.45, 7) is -0.320. The SMILES string of the molecule is Nc1ccn([C@H]2O[C@H]3COP(=O)(O)O[C@@H]2[C@@H]3O)c(=O)n1. The Labute approximate surface area is 112 Å². The topological polar surface area (TPSA) is 146 Å². The van der Waals surface area contributed by atoms with Crippen LogP contribution in [0.2, 0.25) is 0 Å². The molecule has 0 amide bonds. The van der Waals surface area contributed by atoms with Crippen LogP contribution in [0, 0.1) is 0 Å². The van der Waals surface area contributed by atoms with Gasteiger partial charge >= 0.3 is 13.5 Å². The number of nitrogens with zero attached hydrogens (tertiary/aromatic N) is 2. The van der Waals surface area contributed by atoms with Gasteiger partial charge in [-0.1, -0.05) is 0 Å². The number of phosphoric ester groups is 1. The van der Waals surface area contributed by atoms with Crippen molar-refractivity contribution in [2.75, 3.05) is 12.3 Å². The third-order valence-corrected chi connectivity index (χ3v) is 4.08. The molecule has 20 heavy (non-hydrogen) atoms. The summed E-state index contributed by atoms with van der Waals surface area (Å²) in [6.07, 6.45) is -3.07. The first-order chi connectivity index (χ1) is 9.37. The Morgan fingerprint density at radius 3 is 3.00 bits per heavy atom. The van der Waals surface area contributed by atoms with Gasteiger partial charge in [-0.25, -0.2) is 9.36 Å². The summed E-state index contributed by atoms with van der Waals surface area (Å²) in [5.41, 5.74) is 4.66. The molecule has 1 aromatic heterocycles. The van der Waals surface area contributed by atoms with Crippen molar-refractivity contribution in [3.63, 3.8) is 0 Å². The number of hydrogen-bond acceptors (Lipinski definition) is 8. The number of hydrogen-bond donors (Lipinski definition) is 3. The van der Waals surface area contributed by atoms with Crippen LogP contribution in [0.1, 0.15) is 6.23 Å². The molecule has 2 aliphatic heterocycles. The lowest BCUT2D eigenvalue weighted by atomic mass is 10.1. The third kappa shape index (κ3) is 2.26. The average Bonchev–Trinajstić information content (AvgIpc) is 2.58. The van der Waals surface area contributed by atoms with Gasteiger partial charge in [0.2, 0.25) is 0 Å². The molecule has 10 nitrogen and oxygen atoms in total. The Morgan fingerprint density at radius 2 is 2.30 bits per heavy atom. The smallest absolute Gasteiger partial charge is 0.387 e. The van der Waals surface area contributed by atoms with Crippen molar-refractivity contribution < 1.29 is 28.3 Å². The van der Waals surface area contributed by atoms with Crippen LogP contribution in [0.3, 0.4) is 0 Å². The lowest BCUT2D eigenvalue weighted by Gasteiger charge is -2.24. The maximum Gasteiger partial charge on any atom is 0.472 e. The van der Waals surface area contributed by atoms with E-state index >= 15 is 0 Å². The minimum absolute atomic E-state index is 0.0297. The number of rotatable bonds is 1. The van der Waals surface area contributed by atoms with Crippen LogP contribution < -0.4 is 11.4 Å². The van der Waals surface area contributed by atoms with Crippen molar-refractivity contribution in [2.45, 2.75) is 24.5 Å². The minimum Gasteiger partial charge on any atom is -0.387 e. The van der Waals surface area contributed by atoms with Crippen LogP contribution in [-0.2, 0) is 18.3 Å². The highest BCUT2D eigenvalue weighted by Crippen LogP contribution is 2.52. The zero-order valence-corrected chi connectivity index (χ0v) is 10.9. The van der Waals surface area contributed by atoms with Crippen molar-refractivity contribution in [1.29, 1.82) is 0 Å². The van der Waals surface area contributed by atoms with Crippen LogP contribution in [0.15, 0.2) is 17.1 Å². The van der Waals surface area contributed by atoms with Crippen molar-refractivity contribution in [3.05, 3.63) is 22.7 Å². The van der Waals surface area contributed by atoms with Gasteiger partial charge in [-0.3, -0.25) is 13.6 Å². The predicted octanol–water partition coefficient (Wildman–Crippen LogP) is -1.40. The number of fused-ring (bicyclic) bond motifs is 2. The second-order valence-corrected chi connectivity index (χ2v) is 5.84. The number of anilines is 1. The molecule has 5 atom stereocenters. The lowest BCUT2D eigenvalue weighted by Crippen LogP contribution is -2.36. The van der Waals surface area contributed by atoms with E-state index < -0.39 is 38.1 Å². The Hall–Kier alpha value is -1.29. The van der Waals surface area contributed by atoms with E-state index in [-0.39, 0.29) is 12.4 Å². The molecule has 1 aromatic rings. The standard InChI is InChI=1S/C9H12N3O7P/c10-5-1-2-12(9(14)11-5)8-7-6(13)4(18-8)3-17-20(15,16)19-7/h1-2,4,6-8,13H,3H2,(H,15,16)(H2,10,11,14)/t4-,6+,7+,8-/m0/s1. The van der Waals surface area contributed by atoms with E-state index in [4.69, 9.17) is 15.0 Å². The molecule has 2 bridgehead atoms. The number of aliphatic hydroxyl groups excluding tert-OH is 1. The first kappa shape index (κ1) is 13.7. The molecule has 3 heterocycles. The summed E-state index contributed by atoms with van der Waals surface area (Å²) in [6, 6.07) is 1.36. The lowest BCUT2D eigenvalue weighted by molar-refractivity contribution is -0.0712. The summed E-state index contributed by atoms with van der Waals surface area (Å²) in [7, 11) is -4.29. The summed E-state index contributed by atoms with van der Waals surface area (Å²) >= 11 is 0. The normalized spacial score (nSPS) is 40.5. The number of nitrogen functional groups attached to an aromatic ring is 1. The summed E-state index contributed by atoms with van der Waals surface area (Å²) in [5, 5.41) is 9.98. The van der Waals surface area contributed by atoms with Gasteiger partial charge in [0, 0.05) is 6.20 Å². The van der Waals surface area contributed by atoms with E-state index in [9.17, 15) is 19.4 Å². The third-order valence-electron chi connectivity index (χ3n) is 3.10. The molecule has 1 unspecified atom stereocenters. The Morgan fingerprint density at radius 1 is 1.55 bits per heavy atom. The number of nitrogens with two attached hydrogens (primary N) is 1. The molecule has 11 heteroatoms. The highest BCUT2D eigenvalue weighted by atomic mass is 31.2. The summed E-state index contributed by atoms with van der Waals surface area (Å²) in [4.78, 5) is 24.7. The summed E-state index contributed by atoms with van der Waals surface area (Å²) in [5.74, 6) is 0.0297. The van der Waals surface area contributed by atoms with Gasteiger partial charge in [0.15, 0.2) is 6.23 Å². The molecule has 2 saturated heterocycles. The highest BCUT2D eigenvalue weighted by Gasteiger charge is 2.52. The quantitative estimate of drug-likeness (QED) is 0.533. The molecule has 0 aromatic carbocycles. The van der Waals surface area contributed by atoms with Crippen LogP contribution in [0.25, 0.3) is 0 Å². The highest BCUT2D eigenvalue weighted by molar-refractivity contribution is 7.47. The molecule has 2 fully saturated rings. The van der Waals surface area contributed by atoms with Crippen LogP contribution in [-0.4, -0.2) is 44.5 Å². The van der Waals surface area contributed by atoms with E-state index in [0.717, 1.165) is 4.57 Å². The number of aromatic nitrogens is 2. The molecule has 0 saturated carbocycles. The molecule has 4 N–H and O–H groups in total. The number of aliphatic hydroxyl groups is 1. The first-order valence-corrected chi connectivity index (χ1v) is 7.21. The molecule has 3 rings (SSSR count). The maximum absolute atomic E-state index is 11.8. The largest absolute Gasteiger partial charge is 0.472 e. The second kappa shape index (κ2) is 4.62. The Kier molecular flexibility index (Phi) is 3.16. The fourth-order valence-electron chi connectivity index (χ4n) is 2.16. The average molecular weight is 305 g/mol. The molecule has 0 aliphatic carbocycles. The van der Waals surface area contributed by atoms with Crippen molar-refractivity contribution in [1.82, 2.24) is 9.55 Å². The van der Waals surface area contributed by atoms with Gasteiger partial charge in [-0.05, 0) is 6.07 Å². The fourth-order valence-corrected chi connectivity index (χ4v) is 3.10. The van der Waals surface area contributed by atoms with Crippen LogP contribution in [0.4, 0.5) is 5.82 Å². The monoisotopic (exact) mass is 305 g/mol.